The molecule has 0 radical (unpaired) electrons. The summed E-state index contributed by atoms with van der Waals surface area (Å²) < 4.78 is 81.8. The average molecular weight is 635 g/mol. The number of benzene rings is 2. The number of hydrogen-bond donors (Lipinski definition) is 2. The predicted molar refractivity (Wildman–Crippen MR) is 153 cm³/mol. The molecule has 0 unspecified atom stereocenters. The molecular formula is C25H33ClF2N6O5S2. The number of halogens is 3. The van der Waals surface area contributed by atoms with Gasteiger partial charge in [-0.25, -0.2) is 31.0 Å². The van der Waals surface area contributed by atoms with Crippen molar-refractivity contribution < 1.29 is 30.4 Å². The molecule has 2 saturated heterocycles. The molecule has 0 saturated carbocycles. The maximum Gasteiger partial charge on any atom is 0.265 e. The Labute approximate surface area is 244 Å². The number of carbonyl (C=O) groups excluding carboxylic acids is 1. The molecule has 0 atom stereocenters. The number of carbonyl (C=O) groups is 1. The first-order valence-electron chi connectivity index (χ1n) is 12.9. The Hall–Kier alpha value is -2.40. The molecule has 0 aromatic heterocycles. The Kier molecular flexibility index (Phi) is 9.89. The Morgan fingerprint density at radius 3 is 2.29 bits per heavy atom. The van der Waals surface area contributed by atoms with Crippen molar-refractivity contribution in [2.45, 2.75) is 12.6 Å². The lowest BCUT2D eigenvalue weighted by atomic mass is 10.1. The van der Waals surface area contributed by atoms with Crippen LogP contribution in [-0.2, 0) is 26.6 Å². The third-order valence-corrected chi connectivity index (χ3v) is 10.5. The summed E-state index contributed by atoms with van der Waals surface area (Å²) in [4.78, 5) is 16.2. The highest BCUT2D eigenvalue weighted by Gasteiger charge is 2.38. The number of hydrazine groups is 1. The maximum absolute atomic E-state index is 15.0. The summed E-state index contributed by atoms with van der Waals surface area (Å²) in [6, 6.07) is 7.37. The van der Waals surface area contributed by atoms with Crippen molar-refractivity contribution in [1.82, 2.24) is 25.0 Å². The molecule has 2 heterocycles. The molecule has 226 valence electrons. The number of nitrogens with zero attached hydrogens (tertiary/aromatic N) is 4. The second-order valence-electron chi connectivity index (χ2n) is 10.0. The molecule has 2 fully saturated rings. The summed E-state index contributed by atoms with van der Waals surface area (Å²) in [6.07, 6.45) is 1.19. The van der Waals surface area contributed by atoms with Gasteiger partial charge in [-0.3, -0.25) is 24.3 Å². The summed E-state index contributed by atoms with van der Waals surface area (Å²) in [5.74, 6) is -2.33. The number of piperazine rings is 1. The fourth-order valence-corrected chi connectivity index (χ4v) is 7.31. The highest BCUT2D eigenvalue weighted by molar-refractivity contribution is 7.92. The minimum atomic E-state index is -4.03. The van der Waals surface area contributed by atoms with E-state index in [1.807, 2.05) is 4.90 Å². The molecule has 4 rings (SSSR count). The van der Waals surface area contributed by atoms with Crippen LogP contribution in [0.4, 0.5) is 14.5 Å². The minimum absolute atomic E-state index is 0.0206. The molecule has 2 aliphatic heterocycles. The summed E-state index contributed by atoms with van der Waals surface area (Å²) in [6.45, 7) is 3.32. The Morgan fingerprint density at radius 2 is 1.71 bits per heavy atom. The molecule has 41 heavy (non-hydrogen) atoms. The Morgan fingerprint density at radius 1 is 1.02 bits per heavy atom. The van der Waals surface area contributed by atoms with Gasteiger partial charge in [-0.05, 0) is 30.3 Å². The zero-order valence-electron chi connectivity index (χ0n) is 22.7. The smallest absolute Gasteiger partial charge is 0.265 e. The van der Waals surface area contributed by atoms with E-state index in [0.29, 0.717) is 39.3 Å². The lowest BCUT2D eigenvalue weighted by Crippen LogP contribution is -2.64. The van der Waals surface area contributed by atoms with E-state index < -0.39 is 44.1 Å². The van der Waals surface area contributed by atoms with Crippen molar-refractivity contribution in [1.29, 1.82) is 0 Å². The fraction of sp³-hybridized carbons (Fsp3) is 0.480. The largest absolute Gasteiger partial charge is 0.300 e. The van der Waals surface area contributed by atoms with E-state index in [9.17, 15) is 26.0 Å². The molecule has 0 spiro atoms. The lowest BCUT2D eigenvalue weighted by Gasteiger charge is -2.47. The van der Waals surface area contributed by atoms with Crippen LogP contribution in [0.25, 0.3) is 0 Å². The Bertz CT molecular complexity index is 1480. The predicted octanol–water partition coefficient (Wildman–Crippen LogP) is 1.08. The number of rotatable bonds is 11. The zero-order valence-corrected chi connectivity index (χ0v) is 25.1. The van der Waals surface area contributed by atoms with Crippen LogP contribution in [0.1, 0.15) is 15.9 Å². The van der Waals surface area contributed by atoms with E-state index >= 15 is 4.39 Å². The van der Waals surface area contributed by atoms with Gasteiger partial charge in [0.2, 0.25) is 20.0 Å². The van der Waals surface area contributed by atoms with Crippen LogP contribution < -0.4 is 15.2 Å². The standard InChI is InChI=1S/C25H33ClF2N6O5S2/c1-29-30-25(35)18-3-4-19(24(28)13-18)15-34(20-5-6-23(27)22(26)14-20)41(38,39)12-11-31-7-9-32(10-8-31)21-16-33(17-21)40(2,36)37/h3-6,13-14,21,29H,7-12,15-17H2,1-2H3,(H,30,35). The second-order valence-corrected chi connectivity index (χ2v) is 14.4. The van der Waals surface area contributed by atoms with Crippen molar-refractivity contribution >= 4 is 43.2 Å². The van der Waals surface area contributed by atoms with Crippen LogP contribution in [0.5, 0.6) is 0 Å². The third kappa shape index (κ3) is 7.71. The molecular weight excluding hydrogens is 602 g/mol. The van der Waals surface area contributed by atoms with Crippen molar-refractivity contribution in [2.24, 2.45) is 0 Å². The average Bonchev–Trinajstić information content (AvgIpc) is 2.87. The van der Waals surface area contributed by atoms with Crippen molar-refractivity contribution in [3.05, 3.63) is 64.2 Å². The van der Waals surface area contributed by atoms with Crippen LogP contribution in [-0.4, -0.2) is 108 Å². The van der Waals surface area contributed by atoms with E-state index in [1.54, 1.807) is 0 Å². The lowest BCUT2D eigenvalue weighted by molar-refractivity contribution is 0.0430. The highest BCUT2D eigenvalue weighted by Crippen LogP contribution is 2.28. The molecule has 2 aliphatic rings. The van der Waals surface area contributed by atoms with Crippen LogP contribution >= 0.6 is 11.6 Å². The molecule has 16 heteroatoms. The molecule has 1 amide bonds. The van der Waals surface area contributed by atoms with E-state index in [0.717, 1.165) is 16.4 Å². The van der Waals surface area contributed by atoms with Gasteiger partial charge < -0.3 is 0 Å². The van der Waals surface area contributed by atoms with Gasteiger partial charge in [0.15, 0.2) is 0 Å². The van der Waals surface area contributed by atoms with Gasteiger partial charge in [0, 0.05) is 70.0 Å². The number of anilines is 1. The summed E-state index contributed by atoms with van der Waals surface area (Å²) in [5, 5.41) is -0.274. The first kappa shape index (κ1) is 31.5. The number of sulfonamides is 2. The van der Waals surface area contributed by atoms with Gasteiger partial charge in [0.1, 0.15) is 11.6 Å². The summed E-state index contributed by atoms with van der Waals surface area (Å²) in [5.41, 5.74) is 4.95. The first-order chi connectivity index (χ1) is 19.3. The van der Waals surface area contributed by atoms with E-state index in [2.05, 4.69) is 15.8 Å². The Balaban J connectivity index is 1.44. The number of nitrogens with one attached hydrogen (secondary N) is 2. The molecule has 2 N–H and O–H groups in total. The van der Waals surface area contributed by atoms with Gasteiger partial charge in [-0.2, -0.15) is 4.31 Å². The van der Waals surface area contributed by atoms with Crippen LogP contribution in [0.2, 0.25) is 5.02 Å². The van der Waals surface area contributed by atoms with Gasteiger partial charge in [-0.1, -0.05) is 17.7 Å². The molecule has 2 aromatic rings. The summed E-state index contributed by atoms with van der Waals surface area (Å²) in [7, 11) is -5.74. The van der Waals surface area contributed by atoms with Crippen LogP contribution in [0.15, 0.2) is 36.4 Å². The number of hydrogen-bond acceptors (Lipinski definition) is 8. The van der Waals surface area contributed by atoms with Crippen molar-refractivity contribution in [3.63, 3.8) is 0 Å². The third-order valence-electron chi connectivity index (χ3n) is 7.28. The van der Waals surface area contributed by atoms with Crippen molar-refractivity contribution in [3.8, 4) is 0 Å². The molecule has 0 aliphatic carbocycles. The molecule has 0 bridgehead atoms. The van der Waals surface area contributed by atoms with E-state index in [-0.39, 0.29) is 40.2 Å². The normalized spacial score (nSPS) is 17.8. The SMILES string of the molecule is CNNC(=O)c1ccc(CN(c2ccc(F)c(Cl)c2)S(=O)(=O)CCN2CCN(C3CN(S(C)(=O)=O)C3)CC2)c(F)c1. The van der Waals surface area contributed by atoms with Gasteiger partial charge in [0.25, 0.3) is 5.91 Å². The molecule has 2 aromatic carbocycles. The molecule has 11 nitrogen and oxygen atoms in total. The monoisotopic (exact) mass is 634 g/mol. The zero-order chi connectivity index (χ0) is 29.9. The maximum atomic E-state index is 15.0. The van der Waals surface area contributed by atoms with Crippen LogP contribution in [0, 0.1) is 11.6 Å². The second kappa shape index (κ2) is 12.9. The number of amides is 1. The van der Waals surface area contributed by atoms with Gasteiger partial charge in [0.05, 0.1) is 29.3 Å². The van der Waals surface area contributed by atoms with E-state index in [1.165, 1.54) is 41.9 Å². The minimum Gasteiger partial charge on any atom is -0.300 e. The quantitative estimate of drug-likeness (QED) is 0.352. The first-order valence-corrected chi connectivity index (χ1v) is 16.7. The van der Waals surface area contributed by atoms with Crippen LogP contribution in [0.3, 0.4) is 0 Å². The fourth-order valence-electron chi connectivity index (χ4n) is 4.77. The highest BCUT2D eigenvalue weighted by atomic mass is 35.5. The van der Waals surface area contributed by atoms with Gasteiger partial charge >= 0.3 is 0 Å². The van der Waals surface area contributed by atoms with E-state index in [4.69, 9.17) is 11.6 Å². The van der Waals surface area contributed by atoms with Crippen molar-refractivity contribution in [2.75, 3.05) is 69.2 Å². The topological polar surface area (TPSA) is 122 Å². The van der Waals surface area contributed by atoms with Gasteiger partial charge in [-0.15, -0.1) is 0 Å². The summed E-state index contributed by atoms with van der Waals surface area (Å²) >= 11 is 5.95.